The molecule has 0 radical (unpaired) electrons. The Labute approximate surface area is 146 Å². The van der Waals surface area contributed by atoms with Crippen molar-refractivity contribution < 1.29 is 14.6 Å². The van der Waals surface area contributed by atoms with Crippen molar-refractivity contribution in [2.45, 2.75) is 59.5 Å². The molecule has 134 valence electrons. The molecule has 3 nitrogen and oxygen atoms in total. The van der Waals surface area contributed by atoms with E-state index in [2.05, 4.69) is 39.8 Å². The first-order valence-electron chi connectivity index (χ1n) is 9.58. The number of esters is 1. The average Bonchev–Trinajstić information content (AvgIpc) is 3.10. The lowest BCUT2D eigenvalue weighted by molar-refractivity contribution is -0.140. The normalized spacial score (nSPS) is 39.1. The third kappa shape index (κ3) is 2.96. The van der Waals surface area contributed by atoms with Crippen molar-refractivity contribution >= 4 is 5.97 Å². The molecular weight excluding hydrogens is 300 g/mol. The second-order valence-corrected chi connectivity index (χ2v) is 8.61. The second kappa shape index (κ2) is 6.67. The van der Waals surface area contributed by atoms with Crippen molar-refractivity contribution in [3.8, 4) is 0 Å². The lowest BCUT2D eigenvalue weighted by atomic mass is 9.60. The molecule has 0 bridgehead atoms. The molecule has 3 heteroatoms. The summed E-state index contributed by atoms with van der Waals surface area (Å²) in [6, 6.07) is 0. The minimum absolute atomic E-state index is 0.0607. The summed E-state index contributed by atoms with van der Waals surface area (Å²) in [4.78, 5) is 11.7. The largest absolute Gasteiger partial charge is 0.455 e. The molecule has 1 heterocycles. The van der Waals surface area contributed by atoms with Gasteiger partial charge in [0.05, 0.1) is 0 Å². The number of aliphatic hydroxyl groups excluding tert-OH is 1. The Morgan fingerprint density at radius 3 is 2.75 bits per heavy atom. The Morgan fingerprint density at radius 2 is 2.04 bits per heavy atom. The van der Waals surface area contributed by atoms with Crippen LogP contribution in [0.1, 0.15) is 53.4 Å². The molecular formula is C21H32O3. The number of ether oxygens (including phenoxy) is 1. The summed E-state index contributed by atoms with van der Waals surface area (Å²) in [6.07, 6.45) is 11.0. The van der Waals surface area contributed by atoms with Gasteiger partial charge >= 0.3 is 5.97 Å². The highest BCUT2D eigenvalue weighted by atomic mass is 16.5. The van der Waals surface area contributed by atoms with E-state index >= 15 is 0 Å². The van der Waals surface area contributed by atoms with Gasteiger partial charge < -0.3 is 9.84 Å². The zero-order valence-electron chi connectivity index (χ0n) is 15.5. The summed E-state index contributed by atoms with van der Waals surface area (Å²) in [5.41, 5.74) is 1.56. The van der Waals surface area contributed by atoms with Crippen LogP contribution in [0.2, 0.25) is 0 Å². The maximum absolute atomic E-state index is 11.7. The summed E-state index contributed by atoms with van der Waals surface area (Å²) < 4.78 is 5.46. The smallest absolute Gasteiger partial charge is 0.331 e. The van der Waals surface area contributed by atoms with E-state index < -0.39 is 0 Å². The predicted molar refractivity (Wildman–Crippen MR) is 95.2 cm³/mol. The van der Waals surface area contributed by atoms with E-state index in [1.807, 2.05) is 0 Å². The lowest BCUT2D eigenvalue weighted by Crippen LogP contribution is -2.39. The molecule has 0 aromatic rings. The third-order valence-corrected chi connectivity index (χ3v) is 7.21. The number of rotatable bonds is 5. The fourth-order valence-corrected chi connectivity index (χ4v) is 5.34. The summed E-state index contributed by atoms with van der Waals surface area (Å²) in [7, 11) is 0. The van der Waals surface area contributed by atoms with Gasteiger partial charge in [0, 0.05) is 12.7 Å². The molecule has 2 fully saturated rings. The van der Waals surface area contributed by atoms with Crippen LogP contribution in [-0.4, -0.2) is 23.8 Å². The molecule has 0 saturated heterocycles. The molecule has 0 aromatic heterocycles. The van der Waals surface area contributed by atoms with Crippen LogP contribution in [-0.2, 0) is 9.53 Å². The number of allylic oxidation sites excluding steroid dienone is 2. The summed E-state index contributed by atoms with van der Waals surface area (Å²) in [5.74, 6) is 2.28. The molecule has 1 aliphatic heterocycles. The molecule has 0 spiro atoms. The van der Waals surface area contributed by atoms with Gasteiger partial charge in [-0.05, 0) is 66.3 Å². The van der Waals surface area contributed by atoms with Crippen molar-refractivity contribution in [1.29, 1.82) is 0 Å². The first-order valence-corrected chi connectivity index (χ1v) is 9.58. The molecule has 3 aliphatic rings. The van der Waals surface area contributed by atoms with Crippen LogP contribution in [0.5, 0.6) is 0 Å². The molecule has 0 amide bonds. The minimum atomic E-state index is -0.137. The molecule has 7 atom stereocenters. The molecule has 0 aromatic carbocycles. The van der Waals surface area contributed by atoms with Crippen molar-refractivity contribution in [3.63, 3.8) is 0 Å². The van der Waals surface area contributed by atoms with Crippen LogP contribution in [0.4, 0.5) is 0 Å². The summed E-state index contributed by atoms with van der Waals surface area (Å²) in [6.45, 7) is 9.28. The molecule has 24 heavy (non-hydrogen) atoms. The fourth-order valence-electron chi connectivity index (χ4n) is 5.34. The van der Waals surface area contributed by atoms with Crippen LogP contribution in [0.15, 0.2) is 23.8 Å². The van der Waals surface area contributed by atoms with Gasteiger partial charge in [0.1, 0.15) is 6.10 Å². The Balaban J connectivity index is 1.73. The van der Waals surface area contributed by atoms with Gasteiger partial charge in [0.15, 0.2) is 0 Å². The van der Waals surface area contributed by atoms with E-state index in [4.69, 9.17) is 4.74 Å². The van der Waals surface area contributed by atoms with Crippen LogP contribution in [0, 0.1) is 35.0 Å². The zero-order chi connectivity index (χ0) is 17.5. The van der Waals surface area contributed by atoms with Crippen LogP contribution in [0.25, 0.3) is 0 Å². The Hall–Kier alpha value is -1.09. The molecule has 3 rings (SSSR count). The van der Waals surface area contributed by atoms with E-state index in [1.54, 1.807) is 6.08 Å². The summed E-state index contributed by atoms with van der Waals surface area (Å²) in [5, 5.41) is 9.31. The number of carbonyl (C=O) groups is 1. The maximum atomic E-state index is 11.7. The number of aliphatic hydroxyl groups is 1. The van der Waals surface area contributed by atoms with E-state index in [-0.39, 0.29) is 24.1 Å². The zero-order valence-corrected chi connectivity index (χ0v) is 15.5. The van der Waals surface area contributed by atoms with Gasteiger partial charge in [0.25, 0.3) is 0 Å². The predicted octanol–water partition coefficient (Wildman–Crippen LogP) is 4.12. The fraction of sp³-hybridized carbons (Fsp3) is 0.762. The topological polar surface area (TPSA) is 46.5 Å². The van der Waals surface area contributed by atoms with Crippen molar-refractivity contribution in [3.05, 3.63) is 23.8 Å². The number of hydrogen-bond donors (Lipinski definition) is 1. The maximum Gasteiger partial charge on any atom is 0.331 e. The number of hydrogen-bond acceptors (Lipinski definition) is 3. The quantitative estimate of drug-likeness (QED) is 0.608. The van der Waals surface area contributed by atoms with Gasteiger partial charge in [-0.1, -0.05) is 39.8 Å². The highest BCUT2D eigenvalue weighted by Crippen LogP contribution is 2.60. The first-order chi connectivity index (χ1) is 11.4. The van der Waals surface area contributed by atoms with Crippen LogP contribution < -0.4 is 0 Å². The van der Waals surface area contributed by atoms with Gasteiger partial charge in [0.2, 0.25) is 0 Å². The van der Waals surface area contributed by atoms with Crippen molar-refractivity contribution in [1.82, 2.24) is 0 Å². The van der Waals surface area contributed by atoms with Crippen molar-refractivity contribution in [2.75, 3.05) is 6.61 Å². The van der Waals surface area contributed by atoms with Gasteiger partial charge in [-0.25, -0.2) is 4.79 Å². The first kappa shape index (κ1) is 17.7. The van der Waals surface area contributed by atoms with E-state index in [9.17, 15) is 9.90 Å². The van der Waals surface area contributed by atoms with E-state index in [1.165, 1.54) is 18.4 Å². The highest BCUT2D eigenvalue weighted by Gasteiger charge is 2.54. The summed E-state index contributed by atoms with van der Waals surface area (Å²) >= 11 is 0. The van der Waals surface area contributed by atoms with E-state index in [0.29, 0.717) is 29.6 Å². The van der Waals surface area contributed by atoms with Gasteiger partial charge in [-0.2, -0.15) is 0 Å². The Kier molecular flexibility index (Phi) is 4.92. The van der Waals surface area contributed by atoms with E-state index in [0.717, 1.165) is 12.8 Å². The van der Waals surface area contributed by atoms with Crippen molar-refractivity contribution in [2.24, 2.45) is 35.0 Å². The standard InChI is InChI=1S/C21H32O3/c1-13(15(3)12-22)5-6-14(2)17-7-8-18-16-11-20(23)24-19(16)9-10-21(17,18)4/h5-6,11,13-15,17-19,22H,7-10,12H2,1-4H3. The van der Waals surface area contributed by atoms with Gasteiger partial charge in [-0.3, -0.25) is 0 Å². The minimum Gasteiger partial charge on any atom is -0.455 e. The third-order valence-electron chi connectivity index (χ3n) is 7.21. The average molecular weight is 332 g/mol. The Bertz CT molecular complexity index is 549. The molecule has 7 unspecified atom stereocenters. The second-order valence-electron chi connectivity index (χ2n) is 8.61. The molecule has 1 N–H and O–H groups in total. The SMILES string of the molecule is CC(C=CC(C)C1CCC2C3=CC(=O)OC3CCC21C)C(C)CO. The van der Waals surface area contributed by atoms with Gasteiger partial charge in [-0.15, -0.1) is 0 Å². The lowest BCUT2D eigenvalue weighted by Gasteiger charge is -2.44. The monoisotopic (exact) mass is 332 g/mol. The number of fused-ring (bicyclic) bond motifs is 3. The Morgan fingerprint density at radius 1 is 1.29 bits per heavy atom. The van der Waals surface area contributed by atoms with Crippen LogP contribution >= 0.6 is 0 Å². The molecule has 2 saturated carbocycles. The molecule has 2 aliphatic carbocycles. The highest BCUT2D eigenvalue weighted by molar-refractivity contribution is 5.86. The van der Waals surface area contributed by atoms with Crippen LogP contribution in [0.3, 0.4) is 0 Å². The number of carbonyl (C=O) groups excluding carboxylic acids is 1.